The van der Waals surface area contributed by atoms with Crippen LogP contribution in [-0.4, -0.2) is 0 Å². The van der Waals surface area contributed by atoms with Crippen molar-refractivity contribution in [2.75, 3.05) is 0 Å². The van der Waals surface area contributed by atoms with E-state index in [1.807, 2.05) is 0 Å². The van der Waals surface area contributed by atoms with Crippen molar-refractivity contribution in [1.29, 1.82) is 0 Å². The van der Waals surface area contributed by atoms with Crippen LogP contribution in [0.2, 0.25) is 0 Å². The second-order valence-electron chi connectivity index (χ2n) is 4.74. The van der Waals surface area contributed by atoms with Crippen molar-refractivity contribution in [3.8, 4) is 0 Å². The molecule has 0 atom stereocenters. The molecule has 98 valence electrons. The van der Waals surface area contributed by atoms with Gasteiger partial charge in [0.15, 0.2) is 0 Å². The summed E-state index contributed by atoms with van der Waals surface area (Å²) in [5, 5.41) is 0. The van der Waals surface area contributed by atoms with Crippen molar-refractivity contribution in [2.24, 2.45) is 0 Å². The number of hydrogen-bond acceptors (Lipinski definition) is 0. The Morgan fingerprint density at radius 3 is 2.35 bits per heavy atom. The van der Waals surface area contributed by atoms with E-state index in [1.165, 1.54) is 29.5 Å². The van der Waals surface area contributed by atoms with Crippen molar-refractivity contribution in [3.05, 3.63) is 83.8 Å². The molecule has 0 aromatic heterocycles. The summed E-state index contributed by atoms with van der Waals surface area (Å²) < 4.78 is 0. The van der Waals surface area contributed by atoms with E-state index in [9.17, 15) is 0 Å². The van der Waals surface area contributed by atoms with Gasteiger partial charge in [0, 0.05) is 0 Å². The Morgan fingerprint density at radius 1 is 0.950 bits per heavy atom. The van der Waals surface area contributed by atoms with Crippen LogP contribution in [0.1, 0.15) is 30.0 Å². The third-order valence-corrected chi connectivity index (χ3v) is 3.25. The molecule has 0 N–H and O–H groups in total. The molecular weight excluding hydrogens is 235 g/mol. The van der Waals surface area contributed by atoms with Crippen LogP contribution in [0.3, 0.4) is 0 Å². The van der Waals surface area contributed by atoms with Gasteiger partial charge in [-0.1, -0.05) is 78.7 Å². The molecule has 1 heteroatoms. The predicted molar refractivity (Wildman–Crippen MR) is 83.9 cm³/mol. The zero-order valence-corrected chi connectivity index (χ0v) is 12.5. The summed E-state index contributed by atoms with van der Waals surface area (Å²) in [6, 6.07) is 19.1. The molecule has 3 rings (SSSR count). The summed E-state index contributed by atoms with van der Waals surface area (Å²) in [4.78, 5) is 0. The van der Waals surface area contributed by atoms with E-state index in [-0.39, 0.29) is 18.9 Å². The summed E-state index contributed by atoms with van der Waals surface area (Å²) in [6.07, 6.45) is 10.1. The van der Waals surface area contributed by atoms with Gasteiger partial charge in [0.2, 0.25) is 0 Å². The number of fused-ring (bicyclic) bond motifs is 1. The fraction of sp³-hybridized carbons (Fsp3) is 0.211. The van der Waals surface area contributed by atoms with E-state index >= 15 is 0 Å². The number of benzene rings is 2. The molecule has 0 unspecified atom stereocenters. The molecule has 1 aliphatic rings. The largest absolute Gasteiger partial charge is 1.00 e. The summed E-state index contributed by atoms with van der Waals surface area (Å²) in [6.45, 7) is 2.10. The molecule has 0 aliphatic heterocycles. The average Bonchev–Trinajstić information content (AvgIpc) is 2.95. The molecule has 0 radical (unpaired) electrons. The Balaban J connectivity index is 0.000000191. The van der Waals surface area contributed by atoms with Gasteiger partial charge in [0.25, 0.3) is 0 Å². The Hall–Kier alpha value is -1.22. The van der Waals surface area contributed by atoms with E-state index < -0.39 is 0 Å². The molecule has 20 heavy (non-hydrogen) atoms. The second-order valence-corrected chi connectivity index (χ2v) is 4.74. The van der Waals surface area contributed by atoms with Crippen LogP contribution in [0.25, 0.3) is 6.08 Å². The Morgan fingerprint density at radius 2 is 1.65 bits per heavy atom. The zero-order chi connectivity index (χ0) is 13.3. The van der Waals surface area contributed by atoms with Gasteiger partial charge in [-0.3, -0.25) is 0 Å². The van der Waals surface area contributed by atoms with Crippen molar-refractivity contribution < 1.29 is 18.9 Å². The Labute approximate surface area is 135 Å². The first-order valence-corrected chi connectivity index (χ1v) is 6.96. The zero-order valence-electron chi connectivity index (χ0n) is 12.5. The normalized spacial score (nSPS) is 11.1. The maximum absolute atomic E-state index is 2.20. The predicted octanol–water partition coefficient (Wildman–Crippen LogP) is 2.10. The van der Waals surface area contributed by atoms with Gasteiger partial charge in [0.1, 0.15) is 0 Å². The molecule has 1 aliphatic carbocycles. The summed E-state index contributed by atoms with van der Waals surface area (Å²) in [5.74, 6) is 0. The molecule has 0 spiro atoms. The van der Waals surface area contributed by atoms with Gasteiger partial charge in [-0.25, -0.2) is 0 Å². The molecule has 0 saturated carbocycles. The van der Waals surface area contributed by atoms with E-state index in [1.54, 1.807) is 0 Å². The van der Waals surface area contributed by atoms with Crippen LogP contribution < -0.4 is 18.9 Å². The van der Waals surface area contributed by atoms with Crippen molar-refractivity contribution in [3.63, 3.8) is 0 Å². The second kappa shape index (κ2) is 9.65. The molecular formula is C19H21Li. The molecule has 0 saturated heterocycles. The molecule has 2 aromatic carbocycles. The molecule has 0 heterocycles. The van der Waals surface area contributed by atoms with Crippen molar-refractivity contribution >= 4 is 6.08 Å². The first-order chi connectivity index (χ1) is 9.40. The molecule has 2 aromatic rings. The Kier molecular flexibility index (Phi) is 8.12. The fourth-order valence-electron chi connectivity index (χ4n) is 2.15. The minimum atomic E-state index is 0. The van der Waals surface area contributed by atoms with E-state index in [4.69, 9.17) is 0 Å². The number of rotatable bonds is 3. The smallest absolute Gasteiger partial charge is 0.331 e. The van der Waals surface area contributed by atoms with Gasteiger partial charge in [-0.15, -0.1) is 0 Å². The van der Waals surface area contributed by atoms with Crippen molar-refractivity contribution in [2.45, 2.75) is 26.2 Å². The molecule has 0 nitrogen and oxygen atoms in total. The number of aryl methyl sites for hydroxylation is 1. The topological polar surface area (TPSA) is 0 Å². The molecule has 0 fully saturated rings. The maximum Gasteiger partial charge on any atom is 1.00 e. The molecule has 0 bridgehead atoms. The SMILES string of the molecule is C1=Cc2ccccc2C1.C[CH-]CCc1ccccc1.[Li+]. The van der Waals surface area contributed by atoms with Crippen LogP contribution in [-0.2, 0) is 12.8 Å². The monoisotopic (exact) mass is 256 g/mol. The minimum absolute atomic E-state index is 0. The van der Waals surface area contributed by atoms with Crippen LogP contribution in [0.5, 0.6) is 0 Å². The van der Waals surface area contributed by atoms with Gasteiger partial charge in [-0.05, 0) is 17.5 Å². The first-order valence-electron chi connectivity index (χ1n) is 6.96. The Bertz CT molecular complexity index is 514. The number of allylic oxidation sites excluding steroid dienone is 1. The van der Waals surface area contributed by atoms with Gasteiger partial charge >= 0.3 is 18.9 Å². The fourth-order valence-corrected chi connectivity index (χ4v) is 2.15. The number of hydrogen-bond donors (Lipinski definition) is 0. The van der Waals surface area contributed by atoms with Crippen LogP contribution in [0.15, 0.2) is 60.7 Å². The van der Waals surface area contributed by atoms with Crippen molar-refractivity contribution in [1.82, 2.24) is 0 Å². The average molecular weight is 256 g/mol. The van der Waals surface area contributed by atoms with Crippen LogP contribution in [0.4, 0.5) is 0 Å². The van der Waals surface area contributed by atoms with E-state index in [2.05, 4.69) is 80.1 Å². The van der Waals surface area contributed by atoms with Crippen LogP contribution >= 0.6 is 0 Å². The van der Waals surface area contributed by atoms with E-state index in [0.29, 0.717) is 0 Å². The van der Waals surface area contributed by atoms with Gasteiger partial charge in [0.05, 0.1) is 0 Å². The third-order valence-electron chi connectivity index (χ3n) is 3.25. The van der Waals surface area contributed by atoms with E-state index in [0.717, 1.165) is 6.42 Å². The van der Waals surface area contributed by atoms with Crippen LogP contribution in [0, 0.1) is 6.42 Å². The van der Waals surface area contributed by atoms with Gasteiger partial charge < -0.3 is 6.42 Å². The standard InChI is InChI=1S/C10H13.C9H8.Li/c1-2-3-7-10-8-5-4-6-9-10;1-2-5-9-7-3-6-8(9)4-1;/h2,4-6,8-9H,3,7H2,1H3;1-6H,7H2;/q-1;;+1. The third kappa shape index (κ3) is 5.41. The van der Waals surface area contributed by atoms with Gasteiger partial charge in [-0.2, -0.15) is 13.3 Å². The quantitative estimate of drug-likeness (QED) is 0.583. The summed E-state index contributed by atoms with van der Waals surface area (Å²) in [7, 11) is 0. The maximum atomic E-state index is 2.20. The minimum Gasteiger partial charge on any atom is -0.331 e. The molecule has 0 amide bonds. The summed E-state index contributed by atoms with van der Waals surface area (Å²) in [5.41, 5.74) is 4.27. The first kappa shape index (κ1) is 16.8. The number of unbranched alkanes of at least 4 members (excludes halogenated alkanes) is 1. The summed E-state index contributed by atoms with van der Waals surface area (Å²) >= 11 is 0.